The predicted octanol–water partition coefficient (Wildman–Crippen LogP) is 1.70. The lowest BCUT2D eigenvalue weighted by atomic mass is 10.0. The number of nitrogen functional groups attached to an aromatic ring is 1. The van der Waals surface area contributed by atoms with Crippen molar-refractivity contribution in [1.29, 1.82) is 0 Å². The molecule has 3 aliphatic heterocycles. The number of ether oxygens (including phenoxy) is 1. The average Bonchev–Trinajstić information content (AvgIpc) is 3.42. The van der Waals surface area contributed by atoms with Crippen LogP contribution in [0.5, 0.6) is 0 Å². The van der Waals surface area contributed by atoms with Crippen LogP contribution in [-0.4, -0.2) is 82.1 Å². The number of hydrogen-bond acceptors (Lipinski definition) is 8. The van der Waals surface area contributed by atoms with E-state index in [1.807, 2.05) is 0 Å². The van der Waals surface area contributed by atoms with E-state index in [9.17, 15) is 28.0 Å². The van der Waals surface area contributed by atoms with Gasteiger partial charge in [-0.3, -0.25) is 34.1 Å². The molecule has 0 radical (unpaired) electrons. The second-order valence-corrected chi connectivity index (χ2v) is 9.97. The summed E-state index contributed by atoms with van der Waals surface area (Å²) in [6.45, 7) is 3.06. The van der Waals surface area contributed by atoms with E-state index >= 15 is 0 Å². The van der Waals surface area contributed by atoms with E-state index in [-0.39, 0.29) is 41.4 Å². The number of likely N-dealkylation sites (tertiary alicyclic amines) is 1. The molecule has 0 bridgehead atoms. The molecule has 39 heavy (non-hydrogen) atoms. The smallest absolute Gasteiger partial charge is 0.284 e. The standard InChI is InChI=1S/C26H30F2N6O5/c27-23(28)22-18(29)14-33(31-22)16-6-9-32(10-7-16)11-13-39-12-8-15-2-1-3-17-21(15)26(38)34(25(17)37)19-4-5-20(35)30-24(19)36/h1-3,14,16,19,23H,4-13,29H2,(H,30,35,36). The molecular formula is C26H30F2N6O5. The van der Waals surface area contributed by atoms with Gasteiger partial charge in [-0.05, 0) is 37.3 Å². The van der Waals surface area contributed by atoms with Gasteiger partial charge in [-0.25, -0.2) is 8.78 Å². The first kappa shape index (κ1) is 26.9. The van der Waals surface area contributed by atoms with Crippen molar-refractivity contribution in [3.63, 3.8) is 0 Å². The van der Waals surface area contributed by atoms with Gasteiger partial charge in [0.25, 0.3) is 18.2 Å². The van der Waals surface area contributed by atoms with Crippen LogP contribution in [0.2, 0.25) is 0 Å². The molecule has 0 spiro atoms. The van der Waals surface area contributed by atoms with Gasteiger partial charge >= 0.3 is 0 Å². The fourth-order valence-corrected chi connectivity index (χ4v) is 5.45. The monoisotopic (exact) mass is 544 g/mol. The quantitative estimate of drug-likeness (QED) is 0.359. The number of nitrogens with one attached hydrogen (secondary N) is 1. The molecule has 1 aromatic carbocycles. The number of alkyl halides is 2. The van der Waals surface area contributed by atoms with Gasteiger partial charge in [-0.15, -0.1) is 0 Å². The Hall–Kier alpha value is -3.71. The summed E-state index contributed by atoms with van der Waals surface area (Å²) >= 11 is 0. The topological polar surface area (TPSA) is 140 Å². The van der Waals surface area contributed by atoms with Gasteiger partial charge in [0.2, 0.25) is 11.8 Å². The molecule has 4 heterocycles. The van der Waals surface area contributed by atoms with E-state index in [0.717, 1.165) is 30.8 Å². The summed E-state index contributed by atoms with van der Waals surface area (Å²) in [5.41, 5.74) is 6.50. The number of benzene rings is 1. The summed E-state index contributed by atoms with van der Waals surface area (Å²) in [5, 5.41) is 6.16. The number of imide groups is 2. The SMILES string of the molecule is Nc1cn(C2CCN(CCOCCc3cccc4c3C(=O)N(C3CCC(=O)NC3=O)C4=O)CC2)nc1C(F)F. The first-order valence-electron chi connectivity index (χ1n) is 13.0. The zero-order chi connectivity index (χ0) is 27.7. The average molecular weight is 545 g/mol. The van der Waals surface area contributed by atoms with E-state index in [1.165, 1.54) is 6.20 Å². The number of amides is 4. The molecule has 0 saturated carbocycles. The van der Waals surface area contributed by atoms with Gasteiger partial charge in [0.1, 0.15) is 6.04 Å². The minimum Gasteiger partial charge on any atom is -0.396 e. The second kappa shape index (κ2) is 11.2. The van der Waals surface area contributed by atoms with Crippen molar-refractivity contribution in [1.82, 2.24) is 24.9 Å². The molecule has 2 aromatic rings. The minimum atomic E-state index is -2.69. The highest BCUT2D eigenvalue weighted by Gasteiger charge is 2.45. The van der Waals surface area contributed by atoms with Gasteiger partial charge < -0.3 is 15.4 Å². The van der Waals surface area contributed by atoms with Crippen LogP contribution in [0.25, 0.3) is 0 Å². The molecule has 3 aliphatic rings. The molecule has 2 fully saturated rings. The molecule has 4 amide bonds. The number of carbonyl (C=O) groups is 4. The van der Waals surface area contributed by atoms with Crippen molar-refractivity contribution in [2.45, 2.75) is 50.6 Å². The summed E-state index contributed by atoms with van der Waals surface area (Å²) in [4.78, 5) is 53.1. The van der Waals surface area contributed by atoms with Crippen LogP contribution in [0, 0.1) is 0 Å². The Morgan fingerprint density at radius 3 is 2.54 bits per heavy atom. The Morgan fingerprint density at radius 1 is 1.08 bits per heavy atom. The molecule has 11 nitrogen and oxygen atoms in total. The summed E-state index contributed by atoms with van der Waals surface area (Å²) in [5.74, 6) is -2.11. The van der Waals surface area contributed by atoms with E-state index < -0.39 is 36.1 Å². The molecular weight excluding hydrogens is 514 g/mol. The van der Waals surface area contributed by atoms with E-state index in [2.05, 4.69) is 15.3 Å². The molecule has 208 valence electrons. The molecule has 1 atom stereocenters. The first-order valence-corrected chi connectivity index (χ1v) is 13.0. The van der Waals surface area contributed by atoms with Crippen LogP contribution in [0.3, 0.4) is 0 Å². The van der Waals surface area contributed by atoms with Crippen LogP contribution in [-0.2, 0) is 20.7 Å². The number of carbonyl (C=O) groups excluding carboxylic acids is 4. The normalized spacial score (nSPS) is 20.7. The zero-order valence-corrected chi connectivity index (χ0v) is 21.3. The van der Waals surface area contributed by atoms with Crippen LogP contribution in [0.4, 0.5) is 14.5 Å². The number of fused-ring (bicyclic) bond motifs is 1. The fourth-order valence-electron chi connectivity index (χ4n) is 5.45. The number of anilines is 1. The lowest BCUT2D eigenvalue weighted by Gasteiger charge is -2.31. The molecule has 0 aliphatic carbocycles. The summed E-state index contributed by atoms with van der Waals surface area (Å²) in [6, 6.07) is 4.07. The Balaban J connectivity index is 1.09. The molecule has 2 saturated heterocycles. The lowest BCUT2D eigenvalue weighted by Crippen LogP contribution is -2.54. The largest absolute Gasteiger partial charge is 0.396 e. The molecule has 5 rings (SSSR count). The molecule has 1 aromatic heterocycles. The van der Waals surface area contributed by atoms with Gasteiger partial charge in [-0.2, -0.15) is 5.10 Å². The lowest BCUT2D eigenvalue weighted by molar-refractivity contribution is -0.136. The van der Waals surface area contributed by atoms with Crippen molar-refractivity contribution >= 4 is 29.3 Å². The Bertz CT molecular complexity index is 1290. The third-order valence-corrected chi connectivity index (χ3v) is 7.55. The maximum atomic E-state index is 13.2. The second-order valence-electron chi connectivity index (χ2n) is 9.97. The van der Waals surface area contributed by atoms with Crippen molar-refractivity contribution in [3.05, 3.63) is 46.8 Å². The Morgan fingerprint density at radius 2 is 1.85 bits per heavy atom. The van der Waals surface area contributed by atoms with Gasteiger partial charge in [0.15, 0.2) is 5.69 Å². The summed E-state index contributed by atoms with van der Waals surface area (Å²) in [7, 11) is 0. The first-order chi connectivity index (χ1) is 18.7. The summed E-state index contributed by atoms with van der Waals surface area (Å²) < 4.78 is 33.3. The highest BCUT2D eigenvalue weighted by molar-refractivity contribution is 6.24. The van der Waals surface area contributed by atoms with Crippen molar-refractivity contribution in [2.75, 3.05) is 38.6 Å². The molecule has 3 N–H and O–H groups in total. The minimum absolute atomic E-state index is 0.0136. The van der Waals surface area contributed by atoms with E-state index in [1.54, 1.807) is 22.9 Å². The van der Waals surface area contributed by atoms with Crippen LogP contribution in [0.15, 0.2) is 24.4 Å². The summed E-state index contributed by atoms with van der Waals surface area (Å²) in [6.07, 6.45) is 0.912. The number of aromatic nitrogens is 2. The maximum absolute atomic E-state index is 13.2. The highest BCUT2D eigenvalue weighted by Crippen LogP contribution is 2.31. The number of nitrogens with zero attached hydrogens (tertiary/aromatic N) is 4. The number of nitrogens with two attached hydrogens (primary N) is 1. The Kier molecular flexibility index (Phi) is 7.71. The van der Waals surface area contributed by atoms with Crippen LogP contribution in [0.1, 0.15) is 70.1 Å². The number of piperidine rings is 2. The highest BCUT2D eigenvalue weighted by atomic mass is 19.3. The van der Waals surface area contributed by atoms with Crippen LogP contribution >= 0.6 is 0 Å². The van der Waals surface area contributed by atoms with Crippen LogP contribution < -0.4 is 11.1 Å². The van der Waals surface area contributed by atoms with E-state index in [0.29, 0.717) is 31.7 Å². The van der Waals surface area contributed by atoms with Gasteiger partial charge in [-0.1, -0.05) is 12.1 Å². The van der Waals surface area contributed by atoms with E-state index in [4.69, 9.17) is 10.5 Å². The fraction of sp³-hybridized carbons (Fsp3) is 0.500. The van der Waals surface area contributed by atoms with Gasteiger partial charge in [0, 0.05) is 32.3 Å². The predicted molar refractivity (Wildman–Crippen MR) is 134 cm³/mol. The number of halogens is 2. The third-order valence-electron chi connectivity index (χ3n) is 7.55. The van der Waals surface area contributed by atoms with Crippen molar-refractivity contribution < 1.29 is 32.7 Å². The molecule has 13 heteroatoms. The molecule has 1 unspecified atom stereocenters. The number of hydrogen-bond donors (Lipinski definition) is 2. The number of rotatable bonds is 9. The maximum Gasteiger partial charge on any atom is 0.284 e. The van der Waals surface area contributed by atoms with Crippen molar-refractivity contribution in [3.8, 4) is 0 Å². The Labute approximate surface area is 223 Å². The van der Waals surface area contributed by atoms with Gasteiger partial charge in [0.05, 0.1) is 36.1 Å². The van der Waals surface area contributed by atoms with Crippen molar-refractivity contribution in [2.24, 2.45) is 0 Å². The zero-order valence-electron chi connectivity index (χ0n) is 21.3. The third kappa shape index (κ3) is 5.41.